The maximum Gasteiger partial charge on any atom is 0.252 e. The van der Waals surface area contributed by atoms with Crippen LogP contribution in [-0.4, -0.2) is 35.1 Å². The van der Waals surface area contributed by atoms with Crippen molar-refractivity contribution in [3.8, 4) is 11.5 Å². The van der Waals surface area contributed by atoms with Crippen LogP contribution in [0.2, 0.25) is 0 Å². The topological polar surface area (TPSA) is 108 Å². The van der Waals surface area contributed by atoms with Crippen molar-refractivity contribution in [2.75, 3.05) is 20.8 Å². The van der Waals surface area contributed by atoms with Gasteiger partial charge in [-0.3, -0.25) is 4.79 Å². The maximum atomic E-state index is 12.4. The van der Waals surface area contributed by atoms with Crippen LogP contribution < -0.4 is 19.9 Å². The van der Waals surface area contributed by atoms with E-state index in [9.17, 15) is 13.2 Å². The number of hydrogen-bond acceptors (Lipinski definition) is 5. The number of carbonyl (C=O) groups is 1. The first-order valence-electron chi connectivity index (χ1n) is 7.98. The van der Waals surface area contributed by atoms with Crippen molar-refractivity contribution >= 4 is 15.9 Å². The second-order valence-corrected chi connectivity index (χ2v) is 7.35. The highest BCUT2D eigenvalue weighted by Crippen LogP contribution is 2.22. The number of benzene rings is 2. The number of sulfonamides is 1. The Bertz CT molecular complexity index is 881. The Hall–Kier alpha value is -2.58. The molecule has 2 rings (SSSR count). The van der Waals surface area contributed by atoms with Crippen LogP contribution in [-0.2, 0) is 16.4 Å². The molecule has 26 heavy (non-hydrogen) atoms. The molecule has 0 aliphatic carbocycles. The average Bonchev–Trinajstić information content (AvgIpc) is 2.64. The third-order valence-electron chi connectivity index (χ3n) is 3.82. The molecule has 0 saturated heterocycles. The van der Waals surface area contributed by atoms with E-state index in [2.05, 4.69) is 4.72 Å². The van der Waals surface area contributed by atoms with E-state index in [-0.39, 0.29) is 22.8 Å². The third-order valence-corrected chi connectivity index (χ3v) is 5.27. The number of aryl methyl sites for hydroxylation is 1. The smallest absolute Gasteiger partial charge is 0.252 e. The van der Waals surface area contributed by atoms with Gasteiger partial charge in [-0.1, -0.05) is 12.1 Å². The Balaban J connectivity index is 2.00. The van der Waals surface area contributed by atoms with Gasteiger partial charge >= 0.3 is 0 Å². The molecule has 0 aliphatic heterocycles. The summed E-state index contributed by atoms with van der Waals surface area (Å²) in [5.41, 5.74) is 6.35. The molecular weight excluding hydrogens is 356 g/mol. The van der Waals surface area contributed by atoms with Gasteiger partial charge < -0.3 is 15.2 Å². The average molecular weight is 378 g/mol. The molecular formula is C18H22N2O5S. The summed E-state index contributed by atoms with van der Waals surface area (Å²) in [6.07, 6.45) is 1.32. The number of nitrogens with two attached hydrogens (primary N) is 1. The van der Waals surface area contributed by atoms with E-state index < -0.39 is 15.9 Å². The molecule has 8 heteroatoms. The molecule has 2 aromatic rings. The monoisotopic (exact) mass is 378 g/mol. The Labute approximate surface area is 153 Å². The molecule has 0 atom stereocenters. The van der Waals surface area contributed by atoms with Crippen LogP contribution in [0.1, 0.15) is 22.3 Å². The zero-order chi connectivity index (χ0) is 19.2. The van der Waals surface area contributed by atoms with Crippen LogP contribution in [0, 0.1) is 0 Å². The van der Waals surface area contributed by atoms with Gasteiger partial charge in [0.25, 0.3) is 5.91 Å². The van der Waals surface area contributed by atoms with Gasteiger partial charge in [-0.2, -0.15) is 0 Å². The summed E-state index contributed by atoms with van der Waals surface area (Å²) in [6, 6.07) is 11.6. The molecule has 2 aromatic carbocycles. The number of ether oxygens (including phenoxy) is 2. The summed E-state index contributed by atoms with van der Waals surface area (Å²) in [5, 5.41) is 0. The minimum atomic E-state index is -3.75. The molecule has 0 saturated carbocycles. The number of rotatable bonds is 9. The van der Waals surface area contributed by atoms with Crippen molar-refractivity contribution in [2.45, 2.75) is 17.7 Å². The van der Waals surface area contributed by atoms with E-state index in [0.717, 1.165) is 11.3 Å². The van der Waals surface area contributed by atoms with E-state index in [4.69, 9.17) is 15.2 Å². The summed E-state index contributed by atoms with van der Waals surface area (Å²) >= 11 is 0. The minimum absolute atomic E-state index is 0.0201. The van der Waals surface area contributed by atoms with Gasteiger partial charge in [0.05, 0.1) is 24.7 Å². The minimum Gasteiger partial charge on any atom is -0.497 e. The van der Waals surface area contributed by atoms with Crippen LogP contribution >= 0.6 is 0 Å². The second kappa shape index (κ2) is 8.68. The van der Waals surface area contributed by atoms with Crippen LogP contribution in [0.15, 0.2) is 47.4 Å². The first kappa shape index (κ1) is 19.7. The van der Waals surface area contributed by atoms with E-state index >= 15 is 0 Å². The lowest BCUT2D eigenvalue weighted by atomic mass is 10.1. The summed E-state index contributed by atoms with van der Waals surface area (Å²) in [6.45, 7) is 0.261. The molecule has 0 aromatic heterocycles. The van der Waals surface area contributed by atoms with Crippen molar-refractivity contribution in [1.82, 2.24) is 4.72 Å². The summed E-state index contributed by atoms with van der Waals surface area (Å²) in [4.78, 5) is 11.4. The van der Waals surface area contributed by atoms with Crippen LogP contribution in [0.5, 0.6) is 11.5 Å². The van der Waals surface area contributed by atoms with Gasteiger partial charge in [-0.15, -0.1) is 0 Å². The lowest BCUT2D eigenvalue weighted by Gasteiger charge is -2.10. The molecule has 0 spiro atoms. The highest BCUT2D eigenvalue weighted by Gasteiger charge is 2.18. The molecule has 0 aliphatic rings. The predicted molar refractivity (Wildman–Crippen MR) is 98.0 cm³/mol. The lowest BCUT2D eigenvalue weighted by Crippen LogP contribution is -2.25. The van der Waals surface area contributed by atoms with Crippen molar-refractivity contribution in [3.63, 3.8) is 0 Å². The zero-order valence-electron chi connectivity index (χ0n) is 14.7. The normalized spacial score (nSPS) is 11.2. The van der Waals surface area contributed by atoms with E-state index in [1.54, 1.807) is 7.11 Å². The van der Waals surface area contributed by atoms with E-state index in [1.807, 2.05) is 24.3 Å². The second-order valence-electron chi connectivity index (χ2n) is 5.58. The van der Waals surface area contributed by atoms with E-state index in [0.29, 0.717) is 12.8 Å². The fourth-order valence-electron chi connectivity index (χ4n) is 2.46. The van der Waals surface area contributed by atoms with Crippen molar-refractivity contribution in [3.05, 3.63) is 53.6 Å². The number of methoxy groups -OCH3 is 2. The first-order chi connectivity index (χ1) is 12.4. The van der Waals surface area contributed by atoms with Gasteiger partial charge in [0.2, 0.25) is 10.0 Å². The number of primary amides is 1. The Kier molecular flexibility index (Phi) is 6.59. The van der Waals surface area contributed by atoms with Gasteiger partial charge in [0.15, 0.2) is 0 Å². The van der Waals surface area contributed by atoms with Gasteiger partial charge in [-0.05, 0) is 48.7 Å². The van der Waals surface area contributed by atoms with Crippen LogP contribution in [0.25, 0.3) is 0 Å². The molecule has 1 amide bonds. The van der Waals surface area contributed by atoms with Crippen LogP contribution in [0.3, 0.4) is 0 Å². The molecule has 7 nitrogen and oxygen atoms in total. The van der Waals surface area contributed by atoms with Crippen molar-refractivity contribution in [1.29, 1.82) is 0 Å². The molecule has 0 unspecified atom stereocenters. The Morgan fingerprint density at radius 3 is 2.54 bits per heavy atom. The molecule has 0 radical (unpaired) electrons. The highest BCUT2D eigenvalue weighted by molar-refractivity contribution is 7.89. The predicted octanol–water partition coefficient (Wildman–Crippen LogP) is 1.71. The molecule has 0 heterocycles. The van der Waals surface area contributed by atoms with Crippen LogP contribution in [0.4, 0.5) is 0 Å². The Morgan fingerprint density at radius 2 is 1.88 bits per heavy atom. The molecule has 140 valence electrons. The van der Waals surface area contributed by atoms with Crippen molar-refractivity contribution in [2.24, 2.45) is 5.73 Å². The maximum absolute atomic E-state index is 12.4. The largest absolute Gasteiger partial charge is 0.497 e. The van der Waals surface area contributed by atoms with Gasteiger partial charge in [-0.25, -0.2) is 13.1 Å². The fourth-order valence-corrected chi connectivity index (χ4v) is 3.56. The first-order valence-corrected chi connectivity index (χ1v) is 9.46. The van der Waals surface area contributed by atoms with Gasteiger partial charge in [0, 0.05) is 6.54 Å². The highest BCUT2D eigenvalue weighted by atomic mass is 32.2. The van der Waals surface area contributed by atoms with E-state index in [1.165, 1.54) is 25.3 Å². The number of nitrogens with one attached hydrogen (secondary N) is 1. The SMILES string of the molecule is COc1cccc(CCCNS(=O)(=O)c2ccc(OC)c(C(N)=O)c2)c1. The molecule has 0 bridgehead atoms. The number of carbonyl (C=O) groups excluding carboxylic acids is 1. The number of amides is 1. The fraction of sp³-hybridized carbons (Fsp3) is 0.278. The zero-order valence-corrected chi connectivity index (χ0v) is 15.5. The molecule has 3 N–H and O–H groups in total. The number of hydrogen-bond donors (Lipinski definition) is 2. The standard InChI is InChI=1S/C18H22N2O5S/c1-24-14-7-3-5-13(11-14)6-4-10-20-26(22,23)15-8-9-17(25-2)16(12-15)18(19)21/h3,5,7-9,11-12,20H,4,6,10H2,1-2H3,(H2,19,21). The Morgan fingerprint density at radius 1 is 1.12 bits per heavy atom. The quantitative estimate of drug-likeness (QED) is 0.646. The summed E-state index contributed by atoms with van der Waals surface area (Å²) < 4.78 is 37.5. The summed E-state index contributed by atoms with van der Waals surface area (Å²) in [5.74, 6) is 0.242. The lowest BCUT2D eigenvalue weighted by molar-refractivity contribution is 0.0997. The third kappa shape index (κ3) is 4.96. The van der Waals surface area contributed by atoms with Crippen molar-refractivity contribution < 1.29 is 22.7 Å². The van der Waals surface area contributed by atoms with Gasteiger partial charge in [0.1, 0.15) is 11.5 Å². The summed E-state index contributed by atoms with van der Waals surface area (Å²) in [7, 11) is -0.765. The molecule has 0 fully saturated rings.